The van der Waals surface area contributed by atoms with E-state index in [0.717, 1.165) is 68.1 Å². The van der Waals surface area contributed by atoms with Crippen molar-refractivity contribution in [2.75, 3.05) is 14.7 Å². The van der Waals surface area contributed by atoms with E-state index in [0.29, 0.717) is 0 Å². The Balaban J connectivity index is 1.06. The summed E-state index contributed by atoms with van der Waals surface area (Å²) in [5.41, 5.74) is 22.6. The fraction of sp³-hybridized carbons (Fsp3) is 0.238. The second-order valence-corrected chi connectivity index (χ2v) is 22.8. The maximum Gasteiger partial charge on any atom is 0.252 e. The molecular formula is C63H54BN3O2. The molecule has 8 aromatic carbocycles. The number of anilines is 8. The normalized spacial score (nSPS) is 20.6. The van der Waals surface area contributed by atoms with Crippen LogP contribution in [0.15, 0.2) is 160 Å². The molecule has 4 aliphatic heterocycles. The summed E-state index contributed by atoms with van der Waals surface area (Å²) in [4.78, 5) is 7.96. The zero-order valence-corrected chi connectivity index (χ0v) is 40.5. The molecule has 0 N–H and O–H groups in total. The highest BCUT2D eigenvalue weighted by Crippen LogP contribution is 2.62. The van der Waals surface area contributed by atoms with E-state index in [4.69, 9.17) is 8.83 Å². The molecule has 1 fully saturated rings. The molecule has 69 heavy (non-hydrogen) atoms. The van der Waals surface area contributed by atoms with E-state index in [1.54, 1.807) is 0 Å². The minimum atomic E-state index is -0.254. The summed E-state index contributed by atoms with van der Waals surface area (Å²) >= 11 is 0. The Kier molecular flexibility index (Phi) is 7.56. The highest BCUT2D eigenvalue weighted by molar-refractivity contribution is 7.01. The number of nitrogens with zero attached hydrogens (tertiary/aromatic N) is 3. The van der Waals surface area contributed by atoms with Gasteiger partial charge in [-0.2, -0.15) is 0 Å². The van der Waals surface area contributed by atoms with Crippen molar-refractivity contribution in [3.8, 4) is 0 Å². The monoisotopic (exact) mass is 895 g/mol. The fourth-order valence-electron chi connectivity index (χ4n) is 14.3. The number of benzene rings is 8. The average Bonchev–Trinajstić information content (AvgIpc) is 3.97. The Bertz CT molecular complexity index is 3710. The fourth-order valence-corrected chi connectivity index (χ4v) is 14.3. The summed E-state index contributed by atoms with van der Waals surface area (Å²) in [5.74, 6) is 0. The molecule has 1 saturated carbocycles. The number of rotatable bonds is 3. The standard InChI is InChI=1S/C63H54BN3O2/c1-60(2,3)37-24-29-48-47(32-37)62(6)30-12-13-31-63(62,7)67(48)40-33-51-59-52(34-40)66(39-26-28-44-42-17-9-11-23-54(42)69-56(44)36-39)50-21-15-19-46-58(50)64(59)57-45(61(46,4)5)18-14-20-49(57)65(51)38-25-27-43-41-16-8-10-22-53(41)68-55(43)35-38/h8-11,14-29,32-36H,12-13,30-31H2,1-7H3. The molecule has 2 unspecified atom stereocenters. The van der Waals surface area contributed by atoms with Gasteiger partial charge in [-0.15, -0.1) is 0 Å². The van der Waals surface area contributed by atoms with Crippen molar-refractivity contribution in [1.29, 1.82) is 0 Å². The Labute approximate surface area is 404 Å². The van der Waals surface area contributed by atoms with E-state index in [2.05, 4.69) is 215 Å². The summed E-state index contributed by atoms with van der Waals surface area (Å²) in [7, 11) is 0. The van der Waals surface area contributed by atoms with E-state index in [9.17, 15) is 0 Å². The molecular weight excluding hydrogens is 842 g/mol. The van der Waals surface area contributed by atoms with E-state index >= 15 is 0 Å². The summed E-state index contributed by atoms with van der Waals surface area (Å²) in [6.45, 7) is 17.1. The molecule has 10 aromatic rings. The quantitative estimate of drug-likeness (QED) is 0.165. The third-order valence-corrected chi connectivity index (χ3v) is 17.9. The first-order valence-electron chi connectivity index (χ1n) is 25.2. The number of fused-ring (bicyclic) bond motifs is 9. The minimum absolute atomic E-state index is 0.0302. The zero-order chi connectivity index (χ0) is 46.5. The molecule has 1 aliphatic carbocycles. The maximum atomic E-state index is 6.69. The van der Waals surface area contributed by atoms with Gasteiger partial charge in [-0.25, -0.2) is 0 Å². The van der Waals surface area contributed by atoms with Crippen LogP contribution in [0.25, 0.3) is 43.9 Å². The van der Waals surface area contributed by atoms with Crippen LogP contribution in [0.1, 0.15) is 96.4 Å². The minimum Gasteiger partial charge on any atom is -0.456 e. The Morgan fingerprint density at radius 1 is 0.449 bits per heavy atom. The lowest BCUT2D eigenvalue weighted by atomic mass is 9.28. The number of hydrogen-bond donors (Lipinski definition) is 0. The van der Waals surface area contributed by atoms with Gasteiger partial charge in [-0.3, -0.25) is 0 Å². The second kappa shape index (κ2) is 13.1. The smallest absolute Gasteiger partial charge is 0.252 e. The van der Waals surface area contributed by atoms with Crippen LogP contribution < -0.4 is 31.1 Å². The molecule has 0 saturated heterocycles. The van der Waals surface area contributed by atoms with Crippen LogP contribution >= 0.6 is 0 Å². The van der Waals surface area contributed by atoms with E-state index in [1.807, 2.05) is 0 Å². The largest absolute Gasteiger partial charge is 0.456 e. The summed E-state index contributed by atoms with van der Waals surface area (Å²) in [6, 6.07) is 57.3. The Morgan fingerprint density at radius 2 is 0.986 bits per heavy atom. The first-order chi connectivity index (χ1) is 33.3. The highest BCUT2D eigenvalue weighted by atomic mass is 16.3. The van der Waals surface area contributed by atoms with Gasteiger partial charge in [0.1, 0.15) is 22.3 Å². The van der Waals surface area contributed by atoms with Crippen molar-refractivity contribution in [2.24, 2.45) is 0 Å². The van der Waals surface area contributed by atoms with Crippen molar-refractivity contribution in [3.63, 3.8) is 0 Å². The van der Waals surface area contributed by atoms with Gasteiger partial charge < -0.3 is 23.5 Å². The average molecular weight is 896 g/mol. The predicted octanol–water partition coefficient (Wildman–Crippen LogP) is 15.2. The van der Waals surface area contributed by atoms with Gasteiger partial charge in [0.2, 0.25) is 0 Å². The maximum absolute atomic E-state index is 6.69. The first-order valence-corrected chi connectivity index (χ1v) is 25.2. The van der Waals surface area contributed by atoms with Crippen LogP contribution in [-0.2, 0) is 16.2 Å². The van der Waals surface area contributed by atoms with E-state index in [-0.39, 0.29) is 28.5 Å². The summed E-state index contributed by atoms with van der Waals surface area (Å²) in [6.07, 6.45) is 4.72. The van der Waals surface area contributed by atoms with E-state index in [1.165, 1.54) is 85.6 Å². The van der Waals surface area contributed by atoms with Crippen LogP contribution in [0, 0.1) is 0 Å². The molecule has 0 bridgehead atoms. The van der Waals surface area contributed by atoms with Gasteiger partial charge >= 0.3 is 0 Å². The molecule has 0 radical (unpaired) electrons. The van der Waals surface area contributed by atoms with Gasteiger partial charge in [-0.05, 0) is 131 Å². The molecule has 6 heteroatoms. The van der Waals surface area contributed by atoms with Crippen LogP contribution in [0.4, 0.5) is 45.5 Å². The van der Waals surface area contributed by atoms with Crippen molar-refractivity contribution in [3.05, 3.63) is 174 Å². The number of furan rings is 2. The molecule has 6 heterocycles. The predicted molar refractivity (Wildman–Crippen MR) is 289 cm³/mol. The summed E-state index contributed by atoms with van der Waals surface area (Å²) in [5, 5.41) is 4.55. The van der Waals surface area contributed by atoms with Crippen molar-refractivity contribution < 1.29 is 8.83 Å². The lowest BCUT2D eigenvalue weighted by Crippen LogP contribution is -2.67. The lowest BCUT2D eigenvalue weighted by molar-refractivity contribution is 0.195. The topological polar surface area (TPSA) is 36.0 Å². The molecule has 2 aromatic heterocycles. The number of para-hydroxylation sites is 2. The number of hydrogen-bond acceptors (Lipinski definition) is 5. The van der Waals surface area contributed by atoms with Crippen LogP contribution in [0.2, 0.25) is 0 Å². The molecule has 0 spiro atoms. The second-order valence-electron chi connectivity index (χ2n) is 22.8. The van der Waals surface area contributed by atoms with Gasteiger partial charge in [0.15, 0.2) is 0 Å². The molecule has 336 valence electrons. The van der Waals surface area contributed by atoms with Crippen molar-refractivity contribution >= 4 is 112 Å². The first kappa shape index (κ1) is 39.8. The lowest BCUT2D eigenvalue weighted by Gasteiger charge is -2.52. The van der Waals surface area contributed by atoms with Crippen LogP contribution in [0.3, 0.4) is 0 Å². The Morgan fingerprint density at radius 3 is 1.55 bits per heavy atom. The molecule has 2 atom stereocenters. The van der Waals surface area contributed by atoms with Gasteiger partial charge in [0.25, 0.3) is 6.71 Å². The van der Waals surface area contributed by atoms with Gasteiger partial charge in [0.05, 0.1) is 5.54 Å². The molecule has 5 nitrogen and oxygen atoms in total. The van der Waals surface area contributed by atoms with Gasteiger partial charge in [-0.1, -0.05) is 127 Å². The molecule has 15 rings (SSSR count). The van der Waals surface area contributed by atoms with Gasteiger partial charge in [0, 0.05) is 90.0 Å². The SMILES string of the molecule is CC(C)(C)c1ccc2c(c1)C1(C)CCCCC1(C)N2c1cc2c3c(c1)N(c1ccc4c(c1)oc1ccccc14)c1cccc4c1B3c1c(cccc1C4(C)C)N2c1ccc2c(c1)oc1ccccc12. The Hall–Kier alpha value is -7.18. The third-order valence-electron chi connectivity index (χ3n) is 17.9. The van der Waals surface area contributed by atoms with Crippen molar-refractivity contribution in [1.82, 2.24) is 0 Å². The zero-order valence-electron chi connectivity index (χ0n) is 40.5. The third kappa shape index (κ3) is 4.97. The molecule has 5 aliphatic rings. The molecule has 0 amide bonds. The van der Waals surface area contributed by atoms with Crippen molar-refractivity contribution in [2.45, 2.75) is 95.9 Å². The van der Waals surface area contributed by atoms with E-state index < -0.39 is 0 Å². The summed E-state index contributed by atoms with van der Waals surface area (Å²) < 4.78 is 13.4. The van der Waals surface area contributed by atoms with Crippen LogP contribution in [-0.4, -0.2) is 12.3 Å². The van der Waals surface area contributed by atoms with Crippen LogP contribution in [0.5, 0.6) is 0 Å². The highest BCUT2D eigenvalue weighted by Gasteiger charge is 2.59.